The van der Waals surface area contributed by atoms with Crippen LogP contribution in [0.2, 0.25) is 0 Å². The third-order valence-electron chi connectivity index (χ3n) is 6.55. The summed E-state index contributed by atoms with van der Waals surface area (Å²) in [6, 6.07) is 1.00. The van der Waals surface area contributed by atoms with Gasteiger partial charge >= 0.3 is 0 Å². The Hall–Kier alpha value is -2.88. The van der Waals surface area contributed by atoms with Gasteiger partial charge in [0.25, 0.3) is 0 Å². The molecule has 10 heteroatoms. The van der Waals surface area contributed by atoms with Gasteiger partial charge in [-0.1, -0.05) is 0 Å². The monoisotopic (exact) mass is 449 g/mol. The fourth-order valence-corrected chi connectivity index (χ4v) is 5.00. The lowest BCUT2D eigenvalue weighted by atomic mass is 9.82. The fraction of sp³-hybridized carbons (Fsp3) is 0.500. The van der Waals surface area contributed by atoms with E-state index in [9.17, 15) is 22.8 Å². The Balaban J connectivity index is 1.31. The van der Waals surface area contributed by atoms with Gasteiger partial charge in [-0.05, 0) is 49.7 Å². The lowest BCUT2D eigenvalue weighted by molar-refractivity contribution is -0.137. The number of nitrogens with two attached hydrogens (primary N) is 1. The summed E-state index contributed by atoms with van der Waals surface area (Å²) in [6.45, 7) is -0.0727. The van der Waals surface area contributed by atoms with Gasteiger partial charge in [0.05, 0.1) is 19.3 Å². The Morgan fingerprint density at radius 3 is 2.50 bits per heavy atom. The summed E-state index contributed by atoms with van der Waals surface area (Å²) in [7, 11) is 0. The van der Waals surface area contributed by atoms with E-state index in [1.165, 1.54) is 6.33 Å². The minimum Gasteiger partial charge on any atom is -0.348 e. The zero-order chi connectivity index (χ0) is 22.8. The van der Waals surface area contributed by atoms with Crippen molar-refractivity contribution in [2.24, 2.45) is 11.7 Å². The number of amides is 2. The number of nitrogens with zero attached hydrogens (tertiary/aromatic N) is 2. The summed E-state index contributed by atoms with van der Waals surface area (Å²) in [5, 5.41) is 2.66. The van der Waals surface area contributed by atoms with Crippen molar-refractivity contribution in [2.75, 3.05) is 6.54 Å². The molecule has 4 N–H and O–H groups in total. The van der Waals surface area contributed by atoms with Crippen LogP contribution in [-0.4, -0.2) is 51.4 Å². The van der Waals surface area contributed by atoms with E-state index in [4.69, 9.17) is 5.73 Å². The number of carbonyl (C=O) groups is 2. The number of aromatic amines is 1. The molecule has 2 amide bonds. The summed E-state index contributed by atoms with van der Waals surface area (Å²) in [4.78, 5) is 33.4. The number of piperidine rings is 1. The highest BCUT2D eigenvalue weighted by molar-refractivity contribution is 5.86. The highest BCUT2D eigenvalue weighted by atomic mass is 19.2. The second kappa shape index (κ2) is 9.32. The van der Waals surface area contributed by atoms with Crippen LogP contribution in [0.4, 0.5) is 13.2 Å². The number of hydrogen-bond acceptors (Lipinski definition) is 4. The van der Waals surface area contributed by atoms with Crippen molar-refractivity contribution < 1.29 is 22.8 Å². The molecule has 1 aromatic heterocycles. The third kappa shape index (κ3) is 4.79. The van der Waals surface area contributed by atoms with Gasteiger partial charge in [0, 0.05) is 36.1 Å². The maximum absolute atomic E-state index is 14.0. The van der Waals surface area contributed by atoms with Gasteiger partial charge in [-0.3, -0.25) is 9.59 Å². The van der Waals surface area contributed by atoms with Crippen LogP contribution in [0.15, 0.2) is 24.7 Å². The molecule has 172 valence electrons. The Labute approximate surface area is 183 Å². The van der Waals surface area contributed by atoms with E-state index < -0.39 is 23.5 Å². The molecule has 2 saturated heterocycles. The topological polar surface area (TPSA) is 104 Å². The predicted molar refractivity (Wildman–Crippen MR) is 110 cm³/mol. The molecule has 4 rings (SSSR count). The van der Waals surface area contributed by atoms with E-state index in [0.717, 1.165) is 18.9 Å². The molecule has 2 fully saturated rings. The van der Waals surface area contributed by atoms with Gasteiger partial charge in [-0.15, -0.1) is 0 Å². The molecule has 4 atom stereocenters. The van der Waals surface area contributed by atoms with E-state index in [1.807, 2.05) is 4.90 Å². The Bertz CT molecular complexity index is 970. The molecule has 2 aliphatic heterocycles. The average molecular weight is 449 g/mol. The number of halogens is 3. The number of carbonyl (C=O) groups excluding carboxylic acids is 2. The molecule has 7 nitrogen and oxygen atoms in total. The smallest absolute Gasteiger partial charge is 0.242 e. The summed E-state index contributed by atoms with van der Waals surface area (Å²) in [5.41, 5.74) is 7.05. The minimum absolute atomic E-state index is 0.0107. The molecule has 0 aliphatic carbocycles. The number of hydrogen-bond donors (Lipinski definition) is 3. The Morgan fingerprint density at radius 1 is 1.16 bits per heavy atom. The molecular formula is C22H26F3N5O2. The van der Waals surface area contributed by atoms with Crippen molar-refractivity contribution in [2.45, 2.75) is 56.7 Å². The first-order valence-corrected chi connectivity index (χ1v) is 10.8. The lowest BCUT2D eigenvalue weighted by Crippen LogP contribution is -2.52. The lowest BCUT2D eigenvalue weighted by Gasteiger charge is -2.41. The van der Waals surface area contributed by atoms with Crippen LogP contribution in [-0.2, 0) is 22.4 Å². The number of H-pyrrole nitrogens is 1. The summed E-state index contributed by atoms with van der Waals surface area (Å²) >= 11 is 0. The molecule has 0 saturated carbocycles. The average Bonchev–Trinajstić information content (AvgIpc) is 3.35. The predicted octanol–water partition coefficient (Wildman–Crippen LogP) is 1.83. The van der Waals surface area contributed by atoms with Gasteiger partial charge < -0.3 is 20.9 Å². The van der Waals surface area contributed by atoms with Crippen molar-refractivity contribution in [3.63, 3.8) is 0 Å². The molecule has 2 bridgehead atoms. The maximum atomic E-state index is 14.0. The molecule has 3 heterocycles. The molecule has 2 aliphatic rings. The van der Waals surface area contributed by atoms with Crippen molar-refractivity contribution in [3.05, 3.63) is 53.4 Å². The van der Waals surface area contributed by atoms with Crippen LogP contribution in [0.5, 0.6) is 0 Å². The number of rotatable bonds is 7. The van der Waals surface area contributed by atoms with Gasteiger partial charge in [0.15, 0.2) is 11.6 Å². The molecule has 32 heavy (non-hydrogen) atoms. The van der Waals surface area contributed by atoms with E-state index in [-0.39, 0.29) is 54.8 Å². The molecule has 0 spiro atoms. The van der Waals surface area contributed by atoms with Gasteiger partial charge in [-0.2, -0.15) is 0 Å². The maximum Gasteiger partial charge on any atom is 0.242 e. The highest BCUT2D eigenvalue weighted by Crippen LogP contribution is 2.40. The quantitative estimate of drug-likeness (QED) is 0.561. The van der Waals surface area contributed by atoms with Crippen molar-refractivity contribution in [1.82, 2.24) is 20.2 Å². The standard InChI is InChI=1S/C22H26F3N5O2/c23-17-8-19(25)18(24)5-12(17)6-20(26)13-3-15-1-2-16(4-13)30(15)22(32)10-28-21(31)7-14-9-27-11-29-14/h5,8-9,11,13,15-16,20H,1-4,6-7,10,26H2,(H,27,29)(H,28,31)/t13-,15-,16+,20-/m1/s1. The molecule has 0 radical (unpaired) electrons. The minimum atomic E-state index is -1.22. The first-order valence-electron chi connectivity index (χ1n) is 10.8. The van der Waals surface area contributed by atoms with Crippen LogP contribution < -0.4 is 11.1 Å². The van der Waals surface area contributed by atoms with Crippen molar-refractivity contribution in [3.8, 4) is 0 Å². The van der Waals surface area contributed by atoms with E-state index >= 15 is 0 Å². The van der Waals surface area contributed by atoms with Gasteiger partial charge in [0.1, 0.15) is 5.82 Å². The first-order chi connectivity index (χ1) is 15.3. The van der Waals surface area contributed by atoms with Gasteiger partial charge in [0.2, 0.25) is 11.8 Å². The van der Waals surface area contributed by atoms with E-state index in [2.05, 4.69) is 15.3 Å². The van der Waals surface area contributed by atoms with Crippen LogP contribution in [0.3, 0.4) is 0 Å². The Kier molecular flexibility index (Phi) is 6.50. The number of benzene rings is 1. The van der Waals surface area contributed by atoms with Gasteiger partial charge in [-0.25, -0.2) is 18.2 Å². The van der Waals surface area contributed by atoms with Crippen LogP contribution in [0, 0.1) is 23.4 Å². The molecule has 1 aromatic carbocycles. The van der Waals surface area contributed by atoms with Crippen LogP contribution >= 0.6 is 0 Å². The summed E-state index contributed by atoms with van der Waals surface area (Å²) in [5.74, 6) is -3.47. The first kappa shape index (κ1) is 22.3. The molecular weight excluding hydrogens is 423 g/mol. The number of fused-ring (bicyclic) bond motifs is 2. The fourth-order valence-electron chi connectivity index (χ4n) is 5.00. The normalized spacial score (nSPS) is 23.2. The number of aromatic nitrogens is 2. The summed E-state index contributed by atoms with van der Waals surface area (Å²) < 4.78 is 40.7. The second-order valence-corrected chi connectivity index (χ2v) is 8.67. The largest absolute Gasteiger partial charge is 0.348 e. The summed E-state index contributed by atoms with van der Waals surface area (Å²) in [6.07, 6.45) is 6.29. The molecule has 0 unspecified atom stereocenters. The van der Waals surface area contributed by atoms with E-state index in [0.29, 0.717) is 24.6 Å². The third-order valence-corrected chi connectivity index (χ3v) is 6.55. The van der Waals surface area contributed by atoms with Crippen molar-refractivity contribution in [1.29, 1.82) is 0 Å². The zero-order valence-electron chi connectivity index (χ0n) is 17.5. The molecule has 2 aromatic rings. The number of imidazole rings is 1. The highest BCUT2D eigenvalue weighted by Gasteiger charge is 2.44. The van der Waals surface area contributed by atoms with E-state index in [1.54, 1.807) is 6.20 Å². The van der Waals surface area contributed by atoms with Crippen LogP contribution in [0.1, 0.15) is 36.9 Å². The number of nitrogens with one attached hydrogen (secondary N) is 2. The zero-order valence-corrected chi connectivity index (χ0v) is 17.5. The Morgan fingerprint density at radius 2 is 1.84 bits per heavy atom. The second-order valence-electron chi connectivity index (χ2n) is 8.67. The van der Waals surface area contributed by atoms with Crippen LogP contribution in [0.25, 0.3) is 0 Å². The van der Waals surface area contributed by atoms with Crippen molar-refractivity contribution >= 4 is 11.8 Å². The SMILES string of the molecule is N[C@H](Cc1cc(F)c(F)cc1F)[C@@H]1C[C@H]2CC[C@@H](C1)N2C(=O)CNC(=O)Cc1cnc[nH]1.